The van der Waals surface area contributed by atoms with Gasteiger partial charge in [0.05, 0.1) is 4.92 Å². The summed E-state index contributed by atoms with van der Waals surface area (Å²) in [6.07, 6.45) is 0. The predicted molar refractivity (Wildman–Crippen MR) is 50.3 cm³/mol. The third kappa shape index (κ3) is 1.88. The average molecular weight is 186 g/mol. The molecule has 0 bridgehead atoms. The maximum absolute atomic E-state index is 10.5. The standard InChI is InChI=1S/C10H6N2O2/c1-8-9(5-3-7-11)4-2-6-10(8)12(13)14/h2,4,6H,1H3. The Morgan fingerprint density at radius 3 is 2.79 bits per heavy atom. The van der Waals surface area contributed by atoms with Gasteiger partial charge in [0.25, 0.3) is 5.69 Å². The smallest absolute Gasteiger partial charge is 0.258 e. The summed E-state index contributed by atoms with van der Waals surface area (Å²) in [6, 6.07) is 6.26. The summed E-state index contributed by atoms with van der Waals surface area (Å²) < 4.78 is 0. The molecule has 0 N–H and O–H groups in total. The van der Waals surface area contributed by atoms with Crippen LogP contribution in [0.25, 0.3) is 0 Å². The second kappa shape index (κ2) is 4.06. The Labute approximate surface area is 80.9 Å². The maximum Gasteiger partial charge on any atom is 0.273 e. The fourth-order valence-corrected chi connectivity index (χ4v) is 1.05. The SMILES string of the molecule is Cc1c(C#CC#N)cccc1[N+](=O)[O-]. The Morgan fingerprint density at radius 2 is 2.21 bits per heavy atom. The van der Waals surface area contributed by atoms with Gasteiger partial charge < -0.3 is 0 Å². The van der Waals surface area contributed by atoms with E-state index in [9.17, 15) is 10.1 Å². The minimum atomic E-state index is -0.465. The number of nitrogens with zero attached hydrogens (tertiary/aromatic N) is 2. The fraction of sp³-hybridized carbons (Fsp3) is 0.100. The van der Waals surface area contributed by atoms with E-state index in [1.165, 1.54) is 6.07 Å². The zero-order valence-electron chi connectivity index (χ0n) is 7.44. The van der Waals surface area contributed by atoms with Gasteiger partial charge in [-0.25, -0.2) is 0 Å². The van der Waals surface area contributed by atoms with Gasteiger partial charge in [-0.05, 0) is 13.0 Å². The van der Waals surface area contributed by atoms with E-state index in [0.29, 0.717) is 11.1 Å². The Balaban J connectivity index is 3.29. The van der Waals surface area contributed by atoms with Crippen molar-refractivity contribution in [2.45, 2.75) is 6.92 Å². The zero-order valence-corrected chi connectivity index (χ0v) is 7.44. The van der Waals surface area contributed by atoms with Crippen molar-refractivity contribution in [3.63, 3.8) is 0 Å². The van der Waals surface area contributed by atoms with Crippen LogP contribution >= 0.6 is 0 Å². The Kier molecular flexibility index (Phi) is 2.83. The number of benzene rings is 1. The zero-order chi connectivity index (χ0) is 10.6. The van der Waals surface area contributed by atoms with Crippen LogP contribution in [0.2, 0.25) is 0 Å². The number of hydrogen-bond acceptors (Lipinski definition) is 3. The minimum Gasteiger partial charge on any atom is -0.258 e. The second-order valence-electron chi connectivity index (χ2n) is 2.57. The molecule has 1 aromatic rings. The third-order valence-electron chi connectivity index (χ3n) is 1.75. The largest absolute Gasteiger partial charge is 0.273 e. The molecule has 0 spiro atoms. The number of nitro groups is 1. The van der Waals surface area contributed by atoms with Crippen molar-refractivity contribution in [2.24, 2.45) is 0 Å². The minimum absolute atomic E-state index is 0.0229. The van der Waals surface area contributed by atoms with Crippen LogP contribution < -0.4 is 0 Å². The first-order valence-electron chi connectivity index (χ1n) is 3.81. The van der Waals surface area contributed by atoms with Crippen LogP contribution in [-0.2, 0) is 0 Å². The molecule has 0 aromatic heterocycles. The van der Waals surface area contributed by atoms with Gasteiger partial charge in [-0.15, -0.1) is 0 Å². The van der Waals surface area contributed by atoms with E-state index in [1.807, 2.05) is 0 Å². The van der Waals surface area contributed by atoms with Gasteiger partial charge in [0.2, 0.25) is 0 Å². The molecule has 0 aliphatic carbocycles. The van der Waals surface area contributed by atoms with Crippen molar-refractivity contribution in [2.75, 3.05) is 0 Å². The Hall–Kier alpha value is -2.33. The molecule has 0 heterocycles. The number of nitro benzene ring substituents is 1. The summed E-state index contributed by atoms with van der Waals surface area (Å²) in [6.45, 7) is 1.61. The first-order valence-corrected chi connectivity index (χ1v) is 3.81. The van der Waals surface area contributed by atoms with Crippen LogP contribution in [-0.4, -0.2) is 4.92 Å². The molecular weight excluding hydrogens is 180 g/mol. The first-order chi connectivity index (χ1) is 6.66. The molecule has 0 aliphatic rings. The van der Waals surface area contributed by atoms with Crippen molar-refractivity contribution < 1.29 is 4.92 Å². The molecule has 4 nitrogen and oxygen atoms in total. The van der Waals surface area contributed by atoms with Crippen molar-refractivity contribution >= 4 is 5.69 Å². The fourth-order valence-electron chi connectivity index (χ4n) is 1.05. The molecule has 0 saturated heterocycles. The highest BCUT2D eigenvalue weighted by Crippen LogP contribution is 2.19. The van der Waals surface area contributed by atoms with Crippen LogP contribution in [0, 0.1) is 40.2 Å². The molecule has 1 aromatic carbocycles. The van der Waals surface area contributed by atoms with Crippen molar-refractivity contribution in [3.8, 4) is 17.9 Å². The van der Waals surface area contributed by atoms with E-state index in [1.54, 1.807) is 25.1 Å². The van der Waals surface area contributed by atoms with E-state index in [-0.39, 0.29) is 5.69 Å². The third-order valence-corrected chi connectivity index (χ3v) is 1.75. The molecule has 1 rings (SSSR count). The summed E-state index contributed by atoms with van der Waals surface area (Å²) >= 11 is 0. The lowest BCUT2D eigenvalue weighted by atomic mass is 10.1. The van der Waals surface area contributed by atoms with Gasteiger partial charge in [-0.2, -0.15) is 5.26 Å². The molecule has 4 heteroatoms. The lowest BCUT2D eigenvalue weighted by Gasteiger charge is -1.98. The average Bonchev–Trinajstić information content (AvgIpc) is 2.16. The molecule has 14 heavy (non-hydrogen) atoms. The number of nitriles is 1. The summed E-state index contributed by atoms with van der Waals surface area (Å²) in [5, 5.41) is 18.8. The molecule has 0 fully saturated rings. The van der Waals surface area contributed by atoms with Crippen molar-refractivity contribution in [3.05, 3.63) is 39.4 Å². The van der Waals surface area contributed by atoms with Crippen molar-refractivity contribution in [1.29, 1.82) is 5.26 Å². The van der Waals surface area contributed by atoms with Crippen molar-refractivity contribution in [1.82, 2.24) is 0 Å². The molecular formula is C10H6N2O2. The second-order valence-corrected chi connectivity index (χ2v) is 2.57. The Morgan fingerprint density at radius 1 is 1.50 bits per heavy atom. The van der Waals surface area contributed by atoms with Gasteiger partial charge in [-0.3, -0.25) is 10.1 Å². The maximum atomic E-state index is 10.5. The normalized spacial score (nSPS) is 8.29. The lowest BCUT2D eigenvalue weighted by molar-refractivity contribution is -0.385. The quantitative estimate of drug-likeness (QED) is 0.381. The topological polar surface area (TPSA) is 66.9 Å². The van der Waals surface area contributed by atoms with Crippen LogP contribution in [0.4, 0.5) is 5.69 Å². The molecule has 0 atom stereocenters. The van der Waals surface area contributed by atoms with E-state index in [2.05, 4.69) is 11.8 Å². The summed E-state index contributed by atoms with van der Waals surface area (Å²) in [5.41, 5.74) is 1.02. The Bertz CT molecular complexity index is 475. The van der Waals surface area contributed by atoms with Crippen LogP contribution in [0.5, 0.6) is 0 Å². The molecule has 0 amide bonds. The van der Waals surface area contributed by atoms with Crippen LogP contribution in [0.1, 0.15) is 11.1 Å². The summed E-state index contributed by atoms with van der Waals surface area (Å²) in [7, 11) is 0. The van der Waals surface area contributed by atoms with E-state index < -0.39 is 4.92 Å². The number of rotatable bonds is 1. The van der Waals surface area contributed by atoms with Gasteiger partial charge in [-0.1, -0.05) is 12.0 Å². The molecule has 68 valence electrons. The highest BCUT2D eigenvalue weighted by Gasteiger charge is 2.11. The predicted octanol–water partition coefficient (Wildman–Crippen LogP) is 1.78. The van der Waals surface area contributed by atoms with Gasteiger partial charge in [0, 0.05) is 23.1 Å². The highest BCUT2D eigenvalue weighted by molar-refractivity contribution is 5.52. The summed E-state index contributed by atoms with van der Waals surface area (Å²) in [5.74, 6) is 4.75. The van der Waals surface area contributed by atoms with Gasteiger partial charge >= 0.3 is 0 Å². The van der Waals surface area contributed by atoms with E-state index in [4.69, 9.17) is 5.26 Å². The lowest BCUT2D eigenvalue weighted by Crippen LogP contribution is -1.93. The molecule has 0 saturated carbocycles. The van der Waals surface area contributed by atoms with Crippen LogP contribution in [0.15, 0.2) is 18.2 Å². The number of hydrogen-bond donors (Lipinski definition) is 0. The monoisotopic (exact) mass is 186 g/mol. The van der Waals surface area contributed by atoms with E-state index >= 15 is 0 Å². The molecule has 0 unspecified atom stereocenters. The van der Waals surface area contributed by atoms with Gasteiger partial charge in [0.1, 0.15) is 0 Å². The molecule has 0 aliphatic heterocycles. The van der Waals surface area contributed by atoms with Crippen LogP contribution in [0.3, 0.4) is 0 Å². The molecule has 0 radical (unpaired) electrons. The van der Waals surface area contributed by atoms with Gasteiger partial charge in [0.15, 0.2) is 6.07 Å². The summed E-state index contributed by atoms with van der Waals surface area (Å²) in [4.78, 5) is 10.1. The first kappa shape index (κ1) is 9.76. The van der Waals surface area contributed by atoms with E-state index in [0.717, 1.165) is 0 Å². The highest BCUT2D eigenvalue weighted by atomic mass is 16.6.